The van der Waals surface area contributed by atoms with Crippen LogP contribution in [0.15, 0.2) is 48.5 Å². The van der Waals surface area contributed by atoms with Crippen LogP contribution < -0.4 is 4.74 Å². The van der Waals surface area contributed by atoms with E-state index in [0.29, 0.717) is 12.2 Å². The smallest absolute Gasteiger partial charge is 0.335 e. The van der Waals surface area contributed by atoms with Gasteiger partial charge in [0.05, 0.1) is 5.56 Å². The number of carboxylic acid groups (broad SMARTS) is 1. The van der Waals surface area contributed by atoms with E-state index in [9.17, 15) is 9.59 Å². The first-order chi connectivity index (χ1) is 12.6. The van der Waals surface area contributed by atoms with Crippen molar-refractivity contribution in [3.8, 4) is 16.9 Å². The molecule has 2 aromatic rings. The second-order valence-electron chi connectivity index (χ2n) is 6.40. The van der Waals surface area contributed by atoms with Gasteiger partial charge < -0.3 is 9.84 Å². The maximum Gasteiger partial charge on any atom is 0.335 e. The Morgan fingerprint density at radius 2 is 1.35 bits per heavy atom. The highest BCUT2D eigenvalue weighted by Gasteiger charge is 2.06. The lowest BCUT2D eigenvalue weighted by atomic mass is 10.0. The predicted octanol–water partition coefficient (Wildman–Crippen LogP) is 5.71. The van der Waals surface area contributed by atoms with Crippen LogP contribution in [0.5, 0.6) is 5.75 Å². The van der Waals surface area contributed by atoms with Crippen LogP contribution in [0.25, 0.3) is 11.1 Å². The van der Waals surface area contributed by atoms with Gasteiger partial charge in [-0.1, -0.05) is 63.3 Å². The molecular weight excluding hydrogens is 328 g/mol. The van der Waals surface area contributed by atoms with Crippen LogP contribution in [0.1, 0.15) is 62.2 Å². The van der Waals surface area contributed by atoms with Crippen molar-refractivity contribution >= 4 is 11.9 Å². The SMILES string of the molecule is CCCCCCCCC(=O)Oc1ccc(-c2ccc(C(=O)O)cc2)cc1. The number of hydrogen-bond acceptors (Lipinski definition) is 3. The van der Waals surface area contributed by atoms with Gasteiger partial charge in [-0.3, -0.25) is 4.79 Å². The third-order valence-corrected chi connectivity index (χ3v) is 4.29. The van der Waals surface area contributed by atoms with Crippen LogP contribution in [0.2, 0.25) is 0 Å². The highest BCUT2D eigenvalue weighted by molar-refractivity contribution is 5.88. The molecule has 4 heteroatoms. The van der Waals surface area contributed by atoms with Gasteiger partial charge in [-0.05, 0) is 41.8 Å². The van der Waals surface area contributed by atoms with E-state index >= 15 is 0 Å². The molecular formula is C22H26O4. The number of carbonyl (C=O) groups excluding carboxylic acids is 1. The third kappa shape index (κ3) is 6.36. The summed E-state index contributed by atoms with van der Waals surface area (Å²) >= 11 is 0. The van der Waals surface area contributed by atoms with Gasteiger partial charge in [0, 0.05) is 6.42 Å². The summed E-state index contributed by atoms with van der Waals surface area (Å²) in [6.45, 7) is 2.19. The summed E-state index contributed by atoms with van der Waals surface area (Å²) in [5, 5.41) is 8.93. The molecule has 4 nitrogen and oxygen atoms in total. The van der Waals surface area contributed by atoms with E-state index in [1.165, 1.54) is 25.7 Å². The average Bonchev–Trinajstić information content (AvgIpc) is 2.65. The highest BCUT2D eigenvalue weighted by Crippen LogP contribution is 2.23. The maximum absolute atomic E-state index is 11.9. The number of hydrogen-bond donors (Lipinski definition) is 1. The zero-order chi connectivity index (χ0) is 18.8. The number of aromatic carboxylic acids is 1. The molecule has 0 saturated heterocycles. The molecule has 0 heterocycles. The van der Waals surface area contributed by atoms with Crippen molar-refractivity contribution in [2.45, 2.75) is 51.9 Å². The fraction of sp³-hybridized carbons (Fsp3) is 0.364. The maximum atomic E-state index is 11.9. The minimum atomic E-state index is -0.941. The van der Waals surface area contributed by atoms with Gasteiger partial charge in [0.2, 0.25) is 0 Å². The summed E-state index contributed by atoms with van der Waals surface area (Å²) in [6, 6.07) is 13.9. The van der Waals surface area contributed by atoms with E-state index in [2.05, 4.69) is 6.92 Å². The Morgan fingerprint density at radius 3 is 1.92 bits per heavy atom. The molecule has 0 aliphatic heterocycles. The van der Waals surface area contributed by atoms with Gasteiger partial charge in [-0.25, -0.2) is 4.79 Å². The van der Waals surface area contributed by atoms with Crippen molar-refractivity contribution in [1.29, 1.82) is 0 Å². The molecule has 0 spiro atoms. The van der Waals surface area contributed by atoms with Crippen LogP contribution in [-0.2, 0) is 4.79 Å². The van der Waals surface area contributed by atoms with Crippen molar-refractivity contribution in [3.63, 3.8) is 0 Å². The normalized spacial score (nSPS) is 10.5. The zero-order valence-electron chi connectivity index (χ0n) is 15.2. The number of carboxylic acids is 1. The second-order valence-corrected chi connectivity index (χ2v) is 6.40. The first-order valence-corrected chi connectivity index (χ1v) is 9.24. The molecule has 0 atom stereocenters. The fourth-order valence-corrected chi connectivity index (χ4v) is 2.75. The van der Waals surface area contributed by atoms with Crippen molar-refractivity contribution in [1.82, 2.24) is 0 Å². The van der Waals surface area contributed by atoms with Crippen LogP contribution in [-0.4, -0.2) is 17.0 Å². The molecule has 2 aromatic carbocycles. The number of unbranched alkanes of at least 4 members (excludes halogenated alkanes) is 5. The summed E-state index contributed by atoms with van der Waals surface area (Å²) in [7, 11) is 0. The van der Waals surface area contributed by atoms with Crippen LogP contribution >= 0.6 is 0 Å². The minimum Gasteiger partial charge on any atom is -0.478 e. The molecule has 138 valence electrons. The second kappa shape index (κ2) is 10.4. The standard InChI is InChI=1S/C22H26O4/c1-2-3-4-5-6-7-8-21(23)26-20-15-13-18(14-16-20)17-9-11-19(12-10-17)22(24)25/h9-16H,2-8H2,1H3,(H,24,25). The average molecular weight is 354 g/mol. The molecule has 0 radical (unpaired) electrons. The largest absolute Gasteiger partial charge is 0.478 e. The monoisotopic (exact) mass is 354 g/mol. The first kappa shape index (κ1) is 19.7. The fourth-order valence-electron chi connectivity index (χ4n) is 2.75. The Balaban J connectivity index is 1.81. The first-order valence-electron chi connectivity index (χ1n) is 9.24. The minimum absolute atomic E-state index is 0.195. The molecule has 2 rings (SSSR count). The van der Waals surface area contributed by atoms with Crippen molar-refractivity contribution in [3.05, 3.63) is 54.1 Å². The Labute approximate surface area is 154 Å². The van der Waals surface area contributed by atoms with Gasteiger partial charge in [0.15, 0.2) is 0 Å². The van der Waals surface area contributed by atoms with Crippen LogP contribution in [0.4, 0.5) is 0 Å². The summed E-state index contributed by atoms with van der Waals surface area (Å²) < 4.78 is 5.37. The van der Waals surface area contributed by atoms with E-state index in [1.807, 2.05) is 12.1 Å². The number of ether oxygens (including phenoxy) is 1. The molecule has 0 aromatic heterocycles. The molecule has 1 N–H and O–H groups in total. The third-order valence-electron chi connectivity index (χ3n) is 4.29. The molecule has 0 unspecified atom stereocenters. The van der Waals surface area contributed by atoms with E-state index in [1.54, 1.807) is 36.4 Å². The van der Waals surface area contributed by atoms with Gasteiger partial charge in [0.1, 0.15) is 5.75 Å². The molecule has 26 heavy (non-hydrogen) atoms. The number of rotatable bonds is 10. The summed E-state index contributed by atoms with van der Waals surface area (Å²) in [5.74, 6) is -0.602. The Hall–Kier alpha value is -2.62. The van der Waals surface area contributed by atoms with Gasteiger partial charge in [-0.15, -0.1) is 0 Å². The Kier molecular flexibility index (Phi) is 7.87. The van der Waals surface area contributed by atoms with Crippen LogP contribution in [0.3, 0.4) is 0 Å². The number of carbonyl (C=O) groups is 2. The van der Waals surface area contributed by atoms with Crippen LogP contribution in [0, 0.1) is 0 Å². The van der Waals surface area contributed by atoms with Gasteiger partial charge in [-0.2, -0.15) is 0 Å². The van der Waals surface area contributed by atoms with Crippen molar-refractivity contribution < 1.29 is 19.4 Å². The molecule has 0 aliphatic carbocycles. The summed E-state index contributed by atoms with van der Waals surface area (Å²) in [5.41, 5.74) is 2.12. The summed E-state index contributed by atoms with van der Waals surface area (Å²) in [4.78, 5) is 22.8. The van der Waals surface area contributed by atoms with Crippen molar-refractivity contribution in [2.75, 3.05) is 0 Å². The van der Waals surface area contributed by atoms with Gasteiger partial charge >= 0.3 is 11.9 Å². The molecule has 0 amide bonds. The molecule has 0 aliphatic rings. The van der Waals surface area contributed by atoms with E-state index in [-0.39, 0.29) is 11.5 Å². The Morgan fingerprint density at radius 1 is 0.808 bits per heavy atom. The molecule has 0 saturated carbocycles. The van der Waals surface area contributed by atoms with E-state index in [0.717, 1.165) is 24.0 Å². The Bertz CT molecular complexity index is 702. The molecule has 0 fully saturated rings. The number of benzene rings is 2. The van der Waals surface area contributed by atoms with Crippen molar-refractivity contribution in [2.24, 2.45) is 0 Å². The lowest BCUT2D eigenvalue weighted by Crippen LogP contribution is -2.07. The lowest BCUT2D eigenvalue weighted by molar-refractivity contribution is -0.134. The van der Waals surface area contributed by atoms with E-state index in [4.69, 9.17) is 9.84 Å². The summed E-state index contributed by atoms with van der Waals surface area (Å²) in [6.07, 6.45) is 7.29. The molecule has 0 bridgehead atoms. The van der Waals surface area contributed by atoms with E-state index < -0.39 is 5.97 Å². The quantitative estimate of drug-likeness (QED) is 0.337. The lowest BCUT2D eigenvalue weighted by Gasteiger charge is -2.06. The predicted molar refractivity (Wildman–Crippen MR) is 102 cm³/mol. The number of esters is 1. The zero-order valence-corrected chi connectivity index (χ0v) is 15.2. The topological polar surface area (TPSA) is 63.6 Å². The van der Waals surface area contributed by atoms with Gasteiger partial charge in [0.25, 0.3) is 0 Å². The highest BCUT2D eigenvalue weighted by atomic mass is 16.5.